The van der Waals surface area contributed by atoms with Crippen LogP contribution in [-0.2, 0) is 15.4 Å². The number of hydrogen-bond acceptors (Lipinski definition) is 6. The number of hydrazone groups is 1. The molecule has 0 saturated heterocycles. The van der Waals surface area contributed by atoms with Gasteiger partial charge in [-0.15, -0.1) is 16.4 Å². The van der Waals surface area contributed by atoms with Gasteiger partial charge in [0.15, 0.2) is 9.99 Å². The molecule has 1 aliphatic rings. The number of anilines is 1. The number of aromatic nitrogens is 2. The van der Waals surface area contributed by atoms with Crippen LogP contribution in [0.5, 0.6) is 0 Å². The van der Waals surface area contributed by atoms with Gasteiger partial charge in [-0.3, -0.25) is 14.5 Å². The average Bonchev–Trinajstić information content (AvgIpc) is 3.23. The number of guanidine groups is 1. The minimum Gasteiger partial charge on any atom is -0.369 e. The lowest BCUT2D eigenvalue weighted by atomic mass is 9.86. The first-order valence-electron chi connectivity index (χ1n) is 8.71. The number of nitrogens with two attached hydrogens (primary N) is 2. The lowest BCUT2D eigenvalue weighted by Gasteiger charge is -2.19. The Morgan fingerprint density at radius 1 is 1.41 bits per heavy atom. The van der Waals surface area contributed by atoms with Crippen LogP contribution in [-0.4, -0.2) is 23.8 Å². The first-order valence-corrected chi connectivity index (χ1v) is 12.1. The number of fused-ring (bicyclic) bond motifs is 2. The SMILES string of the molecule is CC1(C)CC(NN=C(N)N)c2cc(NS(=O)(=O)c3c(I)nc4sccn34)ccc21. The van der Waals surface area contributed by atoms with Crippen molar-refractivity contribution in [1.82, 2.24) is 14.8 Å². The fraction of sp³-hybridized carbons (Fsp3) is 0.294. The summed E-state index contributed by atoms with van der Waals surface area (Å²) in [4.78, 5) is 4.94. The predicted octanol–water partition coefficient (Wildman–Crippen LogP) is 2.30. The summed E-state index contributed by atoms with van der Waals surface area (Å²) in [5.74, 6) is -0.0526. The van der Waals surface area contributed by atoms with Crippen molar-refractivity contribution in [3.05, 3.63) is 44.6 Å². The van der Waals surface area contributed by atoms with Crippen LogP contribution in [0.3, 0.4) is 0 Å². The van der Waals surface area contributed by atoms with Gasteiger partial charge in [0.1, 0.15) is 3.70 Å². The highest BCUT2D eigenvalue weighted by Gasteiger charge is 2.37. The number of halogens is 1. The lowest BCUT2D eigenvalue weighted by Crippen LogP contribution is -2.28. The second-order valence-electron chi connectivity index (χ2n) is 7.48. The Morgan fingerprint density at radius 3 is 2.90 bits per heavy atom. The van der Waals surface area contributed by atoms with E-state index in [-0.39, 0.29) is 22.4 Å². The van der Waals surface area contributed by atoms with E-state index >= 15 is 0 Å². The van der Waals surface area contributed by atoms with E-state index in [9.17, 15) is 8.42 Å². The molecule has 0 fully saturated rings. The molecule has 9 nitrogen and oxygen atoms in total. The summed E-state index contributed by atoms with van der Waals surface area (Å²) < 4.78 is 30.8. The van der Waals surface area contributed by atoms with Gasteiger partial charge in [0.2, 0.25) is 5.96 Å². The summed E-state index contributed by atoms with van der Waals surface area (Å²) in [6, 6.07) is 5.44. The fourth-order valence-electron chi connectivity index (χ4n) is 3.71. The van der Waals surface area contributed by atoms with Crippen LogP contribution in [0.1, 0.15) is 37.4 Å². The van der Waals surface area contributed by atoms with Crippen molar-refractivity contribution in [2.24, 2.45) is 16.6 Å². The van der Waals surface area contributed by atoms with Gasteiger partial charge in [-0.1, -0.05) is 19.9 Å². The Kier molecular flexibility index (Phi) is 4.90. The zero-order valence-corrected chi connectivity index (χ0v) is 19.5. The van der Waals surface area contributed by atoms with Gasteiger partial charge in [-0.2, -0.15) is 8.42 Å². The summed E-state index contributed by atoms with van der Waals surface area (Å²) in [5.41, 5.74) is 16.3. The molecular weight excluding hydrogens is 525 g/mol. The quantitative estimate of drug-likeness (QED) is 0.168. The van der Waals surface area contributed by atoms with Crippen molar-refractivity contribution in [3.63, 3.8) is 0 Å². The number of rotatable bonds is 5. The van der Waals surface area contributed by atoms with E-state index in [2.05, 4.69) is 34.1 Å². The number of nitrogens with zero attached hydrogens (tertiary/aromatic N) is 3. The van der Waals surface area contributed by atoms with Crippen LogP contribution in [0.4, 0.5) is 5.69 Å². The van der Waals surface area contributed by atoms with Crippen LogP contribution in [0.2, 0.25) is 0 Å². The summed E-state index contributed by atoms with van der Waals surface area (Å²) in [7, 11) is -3.82. The van der Waals surface area contributed by atoms with Crippen LogP contribution >= 0.6 is 33.9 Å². The van der Waals surface area contributed by atoms with Crippen molar-refractivity contribution >= 4 is 60.6 Å². The van der Waals surface area contributed by atoms with Crippen molar-refractivity contribution in [2.75, 3.05) is 4.72 Å². The molecule has 2 aromatic heterocycles. The number of hydrogen-bond donors (Lipinski definition) is 4. The second kappa shape index (κ2) is 7.02. The number of nitrogens with one attached hydrogen (secondary N) is 2. The van der Waals surface area contributed by atoms with E-state index in [0.29, 0.717) is 14.3 Å². The number of benzene rings is 1. The molecule has 0 saturated carbocycles. The molecule has 1 aliphatic carbocycles. The van der Waals surface area contributed by atoms with Crippen molar-refractivity contribution in [2.45, 2.75) is 36.8 Å². The average molecular weight is 545 g/mol. The highest BCUT2D eigenvalue weighted by molar-refractivity contribution is 14.1. The maximum atomic E-state index is 13.1. The van der Waals surface area contributed by atoms with Gasteiger partial charge in [-0.25, -0.2) is 4.98 Å². The van der Waals surface area contributed by atoms with Gasteiger partial charge in [0.05, 0.1) is 6.04 Å². The van der Waals surface area contributed by atoms with E-state index in [4.69, 9.17) is 11.5 Å². The molecule has 29 heavy (non-hydrogen) atoms. The van der Waals surface area contributed by atoms with Crippen LogP contribution in [0.15, 0.2) is 39.9 Å². The van der Waals surface area contributed by atoms with Gasteiger partial charge < -0.3 is 11.5 Å². The Morgan fingerprint density at radius 2 is 2.17 bits per heavy atom. The zero-order chi connectivity index (χ0) is 21.0. The molecule has 0 spiro atoms. The largest absolute Gasteiger partial charge is 0.369 e. The molecule has 3 aromatic rings. The predicted molar refractivity (Wildman–Crippen MR) is 122 cm³/mol. The molecule has 154 valence electrons. The first-order chi connectivity index (χ1) is 13.6. The van der Waals surface area contributed by atoms with E-state index in [1.54, 1.807) is 22.0 Å². The minimum atomic E-state index is -3.82. The Hall–Kier alpha value is -2.06. The molecular formula is C17H20IN7O2S2. The molecule has 6 N–H and O–H groups in total. The van der Waals surface area contributed by atoms with Crippen LogP contribution in [0, 0.1) is 3.70 Å². The molecule has 0 amide bonds. The smallest absolute Gasteiger partial charge is 0.280 e. The van der Waals surface area contributed by atoms with Crippen molar-refractivity contribution < 1.29 is 8.42 Å². The standard InChI is InChI=1S/C17H20IN7O2S2/c1-17(2)8-12(22-23-15(19)20)10-7-9(3-4-11(10)17)24-29(26,27)14-13(18)21-16-25(14)5-6-28-16/h3-7,12,22,24H,8H2,1-2H3,(H4,19,20,23). The third-order valence-electron chi connectivity index (χ3n) is 4.91. The molecule has 12 heteroatoms. The van der Waals surface area contributed by atoms with Gasteiger partial charge in [0.25, 0.3) is 10.0 Å². The van der Waals surface area contributed by atoms with Crippen LogP contribution in [0.25, 0.3) is 4.96 Å². The summed E-state index contributed by atoms with van der Waals surface area (Å²) in [6.45, 7) is 4.27. The third kappa shape index (κ3) is 3.64. The second-order valence-corrected chi connectivity index (χ2v) is 11.0. The minimum absolute atomic E-state index is 0.0526. The molecule has 0 aliphatic heterocycles. The molecule has 1 atom stereocenters. The molecule has 0 radical (unpaired) electrons. The van der Waals surface area contributed by atoms with Gasteiger partial charge in [-0.05, 0) is 57.7 Å². The number of imidazole rings is 1. The van der Waals surface area contributed by atoms with Crippen LogP contribution < -0.4 is 21.6 Å². The number of sulfonamides is 1. The lowest BCUT2D eigenvalue weighted by molar-refractivity contribution is 0.434. The maximum Gasteiger partial charge on any atom is 0.280 e. The maximum absolute atomic E-state index is 13.1. The third-order valence-corrected chi connectivity index (χ3v) is 8.18. The van der Waals surface area contributed by atoms with E-state index < -0.39 is 10.0 Å². The molecule has 4 rings (SSSR count). The molecule has 1 unspecified atom stereocenters. The molecule has 0 bridgehead atoms. The monoisotopic (exact) mass is 545 g/mol. The van der Waals surface area contributed by atoms with Gasteiger partial charge >= 0.3 is 0 Å². The Bertz CT molecular complexity index is 1230. The highest BCUT2D eigenvalue weighted by atomic mass is 127. The summed E-state index contributed by atoms with van der Waals surface area (Å²) in [6.07, 6.45) is 2.48. The fourth-order valence-corrected chi connectivity index (χ4v) is 7.21. The molecule has 1 aromatic carbocycles. The Labute approximate surface area is 185 Å². The zero-order valence-electron chi connectivity index (χ0n) is 15.7. The van der Waals surface area contributed by atoms with Gasteiger partial charge in [0, 0.05) is 17.3 Å². The number of thiazole rings is 1. The highest BCUT2D eigenvalue weighted by Crippen LogP contribution is 2.45. The van der Waals surface area contributed by atoms with Crippen molar-refractivity contribution in [3.8, 4) is 0 Å². The molecule has 2 heterocycles. The normalized spacial score (nSPS) is 17.8. The van der Waals surface area contributed by atoms with E-state index in [1.165, 1.54) is 11.3 Å². The van der Waals surface area contributed by atoms with E-state index in [1.807, 2.05) is 34.7 Å². The summed E-state index contributed by atoms with van der Waals surface area (Å²) in [5, 5.41) is 5.86. The van der Waals surface area contributed by atoms with E-state index in [0.717, 1.165) is 17.5 Å². The first kappa shape index (κ1) is 20.2. The van der Waals surface area contributed by atoms with Crippen molar-refractivity contribution in [1.29, 1.82) is 0 Å². The topological polar surface area (TPSA) is 140 Å². The summed E-state index contributed by atoms with van der Waals surface area (Å²) >= 11 is 3.32. The Balaban J connectivity index is 1.70.